The molecule has 2 aliphatic heterocycles. The maximum atomic E-state index is 14.7. The van der Waals surface area contributed by atoms with Crippen molar-refractivity contribution in [1.29, 1.82) is 0 Å². The molecule has 11 heteroatoms. The van der Waals surface area contributed by atoms with E-state index >= 15 is 0 Å². The van der Waals surface area contributed by atoms with E-state index in [4.69, 9.17) is 0 Å². The number of nitrogens with one attached hydrogen (secondary N) is 2. The predicted molar refractivity (Wildman–Crippen MR) is 124 cm³/mol. The van der Waals surface area contributed by atoms with Crippen LogP contribution in [0.3, 0.4) is 0 Å². The zero-order valence-electron chi connectivity index (χ0n) is 19.5. The lowest BCUT2D eigenvalue weighted by molar-refractivity contribution is -0.125. The number of aromatic nitrogens is 3. The van der Waals surface area contributed by atoms with Crippen LogP contribution in [-0.4, -0.2) is 50.4 Å². The molecule has 0 unspecified atom stereocenters. The first kappa shape index (κ1) is 24.2. The largest absolute Gasteiger partial charge is 0.329 e. The Morgan fingerprint density at radius 2 is 2.06 bits per heavy atom. The second-order valence-corrected chi connectivity index (χ2v) is 9.38. The Bertz CT molecular complexity index is 1330. The molecule has 3 atom stereocenters. The third-order valence-electron chi connectivity index (χ3n) is 7.16. The molecule has 1 aromatic carbocycles. The summed E-state index contributed by atoms with van der Waals surface area (Å²) in [5.74, 6) is -4.88. The summed E-state index contributed by atoms with van der Waals surface area (Å²) in [5.41, 5.74) is 0.279. The second kappa shape index (κ2) is 9.20. The highest BCUT2D eigenvalue weighted by molar-refractivity contribution is 5.93. The molecule has 190 valence electrons. The SMILES string of the molecule is C[C@@H](C(=O)Nc1cn2c(n1)CC[C@H]2c1ccc(F)cc1F)N1CCC(F)(F)[C@@H](c2ccc(=O)[nH]c2)C1. The molecule has 1 saturated heterocycles. The van der Waals surface area contributed by atoms with Crippen molar-refractivity contribution in [3.8, 4) is 0 Å². The number of alkyl halides is 2. The monoisotopic (exact) mass is 503 g/mol. The molecule has 3 aromatic rings. The molecule has 36 heavy (non-hydrogen) atoms. The van der Waals surface area contributed by atoms with Gasteiger partial charge in [-0.25, -0.2) is 22.5 Å². The van der Waals surface area contributed by atoms with Crippen molar-refractivity contribution in [1.82, 2.24) is 19.4 Å². The fourth-order valence-electron chi connectivity index (χ4n) is 5.09. The van der Waals surface area contributed by atoms with Gasteiger partial charge in [0.05, 0.1) is 18.0 Å². The van der Waals surface area contributed by atoms with Gasteiger partial charge >= 0.3 is 0 Å². The maximum absolute atomic E-state index is 14.7. The number of piperidine rings is 1. The van der Waals surface area contributed by atoms with Gasteiger partial charge < -0.3 is 14.9 Å². The average Bonchev–Trinajstić information content (AvgIpc) is 3.40. The fourth-order valence-corrected chi connectivity index (χ4v) is 5.09. The van der Waals surface area contributed by atoms with Crippen LogP contribution in [0.2, 0.25) is 0 Å². The van der Waals surface area contributed by atoms with Crippen LogP contribution in [0.4, 0.5) is 23.4 Å². The molecule has 5 rings (SSSR count). The van der Waals surface area contributed by atoms with Crippen molar-refractivity contribution < 1.29 is 22.4 Å². The van der Waals surface area contributed by atoms with Crippen LogP contribution in [0.25, 0.3) is 0 Å². The fraction of sp³-hybridized carbons (Fsp3) is 0.400. The number of likely N-dealkylation sites (tertiary alicyclic amines) is 1. The number of benzene rings is 1. The van der Waals surface area contributed by atoms with Crippen LogP contribution >= 0.6 is 0 Å². The smallest absolute Gasteiger partial charge is 0.257 e. The first-order valence-electron chi connectivity index (χ1n) is 11.8. The third-order valence-corrected chi connectivity index (χ3v) is 7.16. The number of nitrogens with zero attached hydrogens (tertiary/aromatic N) is 3. The molecule has 0 bridgehead atoms. The number of anilines is 1. The number of rotatable bonds is 5. The van der Waals surface area contributed by atoms with Crippen LogP contribution < -0.4 is 10.9 Å². The van der Waals surface area contributed by atoms with Crippen molar-refractivity contribution in [2.24, 2.45) is 0 Å². The third kappa shape index (κ3) is 4.55. The van der Waals surface area contributed by atoms with Crippen molar-refractivity contribution in [2.75, 3.05) is 18.4 Å². The highest BCUT2D eigenvalue weighted by Crippen LogP contribution is 2.40. The van der Waals surface area contributed by atoms with Gasteiger partial charge in [-0.1, -0.05) is 12.1 Å². The number of H-pyrrole nitrogens is 1. The van der Waals surface area contributed by atoms with E-state index in [1.807, 2.05) is 0 Å². The second-order valence-electron chi connectivity index (χ2n) is 9.38. The number of pyridine rings is 1. The number of hydrogen-bond donors (Lipinski definition) is 2. The Balaban J connectivity index is 1.29. The molecule has 1 fully saturated rings. The predicted octanol–water partition coefficient (Wildman–Crippen LogP) is 3.84. The van der Waals surface area contributed by atoms with Gasteiger partial charge in [0.1, 0.15) is 17.5 Å². The first-order valence-corrected chi connectivity index (χ1v) is 11.8. The summed E-state index contributed by atoms with van der Waals surface area (Å²) in [5, 5.41) is 2.75. The Morgan fingerprint density at radius 1 is 1.25 bits per heavy atom. The lowest BCUT2D eigenvalue weighted by Gasteiger charge is -2.40. The maximum Gasteiger partial charge on any atom is 0.257 e. The van der Waals surface area contributed by atoms with Crippen molar-refractivity contribution in [3.05, 3.63) is 81.7 Å². The Kier molecular flexibility index (Phi) is 6.19. The average molecular weight is 504 g/mol. The first-order chi connectivity index (χ1) is 17.1. The molecule has 2 aliphatic rings. The molecule has 7 nitrogen and oxygen atoms in total. The zero-order valence-corrected chi connectivity index (χ0v) is 19.5. The zero-order chi connectivity index (χ0) is 25.6. The number of aryl methyl sites for hydroxylation is 1. The van der Waals surface area contributed by atoms with Gasteiger partial charge in [-0.2, -0.15) is 0 Å². The lowest BCUT2D eigenvalue weighted by Crippen LogP contribution is -2.52. The quantitative estimate of drug-likeness (QED) is 0.519. The number of aromatic amines is 1. The van der Waals surface area contributed by atoms with E-state index in [9.17, 15) is 27.2 Å². The Labute approximate surface area is 204 Å². The highest BCUT2D eigenvalue weighted by Gasteiger charge is 2.46. The van der Waals surface area contributed by atoms with Crippen LogP contribution in [0.5, 0.6) is 0 Å². The van der Waals surface area contributed by atoms with E-state index in [-0.39, 0.29) is 30.5 Å². The van der Waals surface area contributed by atoms with E-state index in [1.54, 1.807) is 22.6 Å². The molecular formula is C25H25F4N5O2. The van der Waals surface area contributed by atoms with E-state index in [2.05, 4.69) is 15.3 Å². The summed E-state index contributed by atoms with van der Waals surface area (Å²) < 4.78 is 58.8. The molecule has 4 heterocycles. The van der Waals surface area contributed by atoms with Gasteiger partial charge in [0, 0.05) is 56.0 Å². The number of halogens is 4. The molecular weight excluding hydrogens is 478 g/mol. The number of imidazole rings is 1. The lowest BCUT2D eigenvalue weighted by atomic mass is 9.87. The molecule has 0 spiro atoms. The topological polar surface area (TPSA) is 83.0 Å². The van der Waals surface area contributed by atoms with Crippen molar-refractivity contribution in [3.63, 3.8) is 0 Å². The molecule has 2 aromatic heterocycles. The van der Waals surface area contributed by atoms with Gasteiger partial charge in [-0.05, 0) is 25.0 Å². The molecule has 0 saturated carbocycles. The van der Waals surface area contributed by atoms with Crippen LogP contribution in [-0.2, 0) is 11.2 Å². The minimum atomic E-state index is -2.97. The molecule has 2 N–H and O–H groups in total. The summed E-state index contributed by atoms with van der Waals surface area (Å²) in [4.78, 5) is 32.9. The van der Waals surface area contributed by atoms with Gasteiger partial charge in [-0.15, -0.1) is 0 Å². The van der Waals surface area contributed by atoms with E-state index in [0.29, 0.717) is 29.8 Å². The van der Waals surface area contributed by atoms with E-state index < -0.39 is 41.8 Å². The number of amides is 1. The molecule has 0 radical (unpaired) electrons. The minimum absolute atomic E-state index is 0.0348. The number of carbonyl (C=O) groups excluding carboxylic acids is 1. The van der Waals surface area contributed by atoms with Gasteiger partial charge in [0.25, 0.3) is 5.92 Å². The normalized spacial score (nSPS) is 22.2. The summed E-state index contributed by atoms with van der Waals surface area (Å²) in [7, 11) is 0. The number of hydrogen-bond acceptors (Lipinski definition) is 4. The molecule has 1 amide bonds. The Hall–Kier alpha value is -3.47. The van der Waals surface area contributed by atoms with Crippen molar-refractivity contribution >= 4 is 11.7 Å². The summed E-state index contributed by atoms with van der Waals surface area (Å²) in [6.45, 7) is 1.62. The standard InChI is InChI=1S/C25H25F4N5O2/c1-14(33-9-8-25(28,29)18(12-33)15-2-7-23(35)30-11-15)24(36)32-21-13-34-20(5-6-22(34)31-21)17-4-3-16(26)10-19(17)27/h2-4,7,10-11,13-14,18,20H,5-6,8-9,12H2,1H3,(H,30,35)(H,32,36)/t14-,18+,20-/m0/s1. The summed E-state index contributed by atoms with van der Waals surface area (Å²) in [6.07, 6.45) is 3.66. The van der Waals surface area contributed by atoms with Crippen LogP contribution in [0.1, 0.15) is 48.7 Å². The van der Waals surface area contributed by atoms with Crippen LogP contribution in [0, 0.1) is 11.6 Å². The number of carbonyl (C=O) groups is 1. The van der Waals surface area contributed by atoms with Crippen molar-refractivity contribution in [2.45, 2.75) is 50.1 Å². The summed E-state index contributed by atoms with van der Waals surface area (Å²) in [6, 6.07) is 4.99. The van der Waals surface area contributed by atoms with E-state index in [0.717, 1.165) is 6.07 Å². The van der Waals surface area contributed by atoms with Gasteiger partial charge in [-0.3, -0.25) is 14.5 Å². The van der Waals surface area contributed by atoms with Gasteiger partial charge in [0.15, 0.2) is 5.82 Å². The minimum Gasteiger partial charge on any atom is -0.329 e. The Morgan fingerprint density at radius 3 is 2.78 bits per heavy atom. The molecule has 0 aliphatic carbocycles. The number of fused-ring (bicyclic) bond motifs is 1. The van der Waals surface area contributed by atoms with E-state index in [1.165, 1.54) is 30.5 Å². The van der Waals surface area contributed by atoms with Crippen LogP contribution in [0.15, 0.2) is 47.5 Å². The highest BCUT2D eigenvalue weighted by atomic mass is 19.3. The van der Waals surface area contributed by atoms with Gasteiger partial charge in [0.2, 0.25) is 11.5 Å². The summed E-state index contributed by atoms with van der Waals surface area (Å²) >= 11 is 0.